The molecule has 0 amide bonds. The van der Waals surface area contributed by atoms with Crippen molar-refractivity contribution >= 4 is 45.7 Å². The Hall–Kier alpha value is -3.44. The number of benzene rings is 3. The van der Waals surface area contributed by atoms with Crippen LogP contribution in [0.2, 0.25) is 5.02 Å². The molecule has 3 rings (SSSR count). The third-order valence-corrected chi connectivity index (χ3v) is 5.62. The minimum absolute atomic E-state index is 0.106. The Morgan fingerprint density at radius 2 is 1.36 bits per heavy atom. The second-order valence-electron chi connectivity index (χ2n) is 7.31. The summed E-state index contributed by atoms with van der Waals surface area (Å²) in [5.41, 5.74) is 2.50. The molecule has 0 aliphatic heterocycles. The second kappa shape index (κ2) is 18.8. The SMILES string of the molecule is CON=C(C)c1ccc(Cl)c(F)c1.CON=CCc1cc(F)ccc1F.CON=CCc1ccc(F)cc1Br. The molecule has 0 saturated heterocycles. The van der Waals surface area contributed by atoms with Gasteiger partial charge in [-0.05, 0) is 60.5 Å². The zero-order valence-electron chi connectivity index (χ0n) is 21.6. The molecule has 0 fully saturated rings. The van der Waals surface area contributed by atoms with Crippen LogP contribution in [0.4, 0.5) is 17.6 Å². The Morgan fingerprint density at radius 3 is 1.92 bits per heavy atom. The fourth-order valence-corrected chi connectivity index (χ4v) is 3.35. The summed E-state index contributed by atoms with van der Waals surface area (Å²) in [6.07, 6.45) is 3.84. The molecule has 0 saturated carbocycles. The molecule has 0 aliphatic rings. The summed E-state index contributed by atoms with van der Waals surface area (Å²) in [6.45, 7) is 1.73. The summed E-state index contributed by atoms with van der Waals surface area (Å²) in [5.74, 6) is -1.60. The highest BCUT2D eigenvalue weighted by Crippen LogP contribution is 2.18. The van der Waals surface area contributed by atoms with Crippen molar-refractivity contribution in [3.63, 3.8) is 0 Å². The molecule has 210 valence electrons. The van der Waals surface area contributed by atoms with E-state index in [1.54, 1.807) is 25.3 Å². The predicted molar refractivity (Wildman–Crippen MR) is 149 cm³/mol. The van der Waals surface area contributed by atoms with Gasteiger partial charge in [0.25, 0.3) is 0 Å². The molecular weight excluding hydrogens is 606 g/mol. The predicted octanol–water partition coefficient (Wildman–Crippen LogP) is 7.75. The van der Waals surface area contributed by atoms with Crippen LogP contribution in [0.25, 0.3) is 0 Å². The van der Waals surface area contributed by atoms with E-state index < -0.39 is 17.5 Å². The van der Waals surface area contributed by atoms with Crippen LogP contribution >= 0.6 is 27.5 Å². The summed E-state index contributed by atoms with van der Waals surface area (Å²) in [6, 6.07) is 12.3. The van der Waals surface area contributed by atoms with Gasteiger partial charge in [0, 0.05) is 35.3 Å². The van der Waals surface area contributed by atoms with Crippen molar-refractivity contribution in [3.05, 3.63) is 104 Å². The number of oxime groups is 3. The fraction of sp³-hybridized carbons (Fsp3) is 0.222. The minimum Gasteiger partial charge on any atom is -0.399 e. The zero-order chi connectivity index (χ0) is 29.2. The third-order valence-electron chi connectivity index (χ3n) is 4.57. The Bertz CT molecular complexity index is 1280. The molecule has 0 spiro atoms. The molecule has 0 bridgehead atoms. The largest absolute Gasteiger partial charge is 0.399 e. The average Bonchev–Trinajstić information content (AvgIpc) is 2.90. The van der Waals surface area contributed by atoms with E-state index in [-0.39, 0.29) is 22.8 Å². The van der Waals surface area contributed by atoms with Gasteiger partial charge in [-0.15, -0.1) is 0 Å². The van der Waals surface area contributed by atoms with Gasteiger partial charge in [0.15, 0.2) is 0 Å². The van der Waals surface area contributed by atoms with E-state index in [0.717, 1.165) is 28.2 Å². The van der Waals surface area contributed by atoms with Gasteiger partial charge < -0.3 is 14.5 Å². The maximum absolute atomic E-state index is 13.0. The van der Waals surface area contributed by atoms with Crippen LogP contribution in [0.15, 0.2) is 74.5 Å². The maximum Gasteiger partial charge on any atom is 0.142 e. The van der Waals surface area contributed by atoms with E-state index in [2.05, 4.69) is 45.9 Å². The molecule has 0 aromatic heterocycles. The number of hydrogen-bond donors (Lipinski definition) is 0. The number of hydrogen-bond acceptors (Lipinski definition) is 6. The summed E-state index contributed by atoms with van der Waals surface area (Å²) in [5, 5.41) is 10.8. The molecule has 0 N–H and O–H groups in total. The smallest absolute Gasteiger partial charge is 0.142 e. The van der Waals surface area contributed by atoms with Gasteiger partial charge in [-0.2, -0.15) is 0 Å². The standard InChI is InChI=1S/C9H9BrFNO.C9H9ClFNO.C9H9F2NO/c1-13-12-5-4-7-2-3-8(11)6-9(7)10;1-6(12-13-2)7-3-4-8(10)9(11)5-7;1-13-12-5-4-7-6-8(10)2-3-9(7)11/h2-3,5-6H,4H2,1H3;3-5H,1-2H3;2-3,5-6H,4H2,1H3. The highest BCUT2D eigenvalue weighted by atomic mass is 79.9. The number of rotatable bonds is 8. The highest BCUT2D eigenvalue weighted by molar-refractivity contribution is 9.10. The van der Waals surface area contributed by atoms with Crippen LogP contribution in [0.3, 0.4) is 0 Å². The number of halogens is 6. The first-order chi connectivity index (χ1) is 18.6. The molecule has 0 heterocycles. The molecule has 12 heteroatoms. The highest BCUT2D eigenvalue weighted by Gasteiger charge is 2.04. The summed E-state index contributed by atoms with van der Waals surface area (Å²) in [7, 11) is 4.31. The first kappa shape index (κ1) is 33.6. The molecule has 0 unspecified atom stereocenters. The van der Waals surface area contributed by atoms with Crippen LogP contribution in [-0.4, -0.2) is 39.5 Å². The van der Waals surface area contributed by atoms with Crippen LogP contribution in [0.5, 0.6) is 0 Å². The van der Waals surface area contributed by atoms with Crippen molar-refractivity contribution in [2.24, 2.45) is 15.5 Å². The van der Waals surface area contributed by atoms with E-state index in [1.807, 2.05) is 0 Å². The van der Waals surface area contributed by atoms with Crippen molar-refractivity contribution in [1.29, 1.82) is 0 Å². The minimum atomic E-state index is -0.456. The molecule has 0 aliphatic carbocycles. The van der Waals surface area contributed by atoms with Gasteiger partial charge in [0.2, 0.25) is 0 Å². The monoisotopic (exact) mass is 631 g/mol. The number of nitrogens with zero attached hydrogens (tertiary/aromatic N) is 3. The van der Waals surface area contributed by atoms with Crippen LogP contribution in [0.1, 0.15) is 23.6 Å². The van der Waals surface area contributed by atoms with Gasteiger partial charge in [0.1, 0.15) is 44.6 Å². The first-order valence-corrected chi connectivity index (χ1v) is 12.3. The average molecular weight is 633 g/mol. The van der Waals surface area contributed by atoms with Gasteiger partial charge in [-0.25, -0.2) is 17.6 Å². The lowest BCUT2D eigenvalue weighted by Crippen LogP contribution is -1.96. The maximum atomic E-state index is 13.0. The summed E-state index contributed by atoms with van der Waals surface area (Å²) < 4.78 is 51.9. The van der Waals surface area contributed by atoms with E-state index in [0.29, 0.717) is 17.7 Å². The molecule has 0 radical (unpaired) electrons. The van der Waals surface area contributed by atoms with Gasteiger partial charge in [-0.3, -0.25) is 0 Å². The zero-order valence-corrected chi connectivity index (χ0v) is 23.9. The Balaban J connectivity index is 0.000000292. The van der Waals surface area contributed by atoms with Crippen molar-refractivity contribution < 1.29 is 32.1 Å². The van der Waals surface area contributed by atoms with E-state index in [1.165, 1.54) is 51.8 Å². The van der Waals surface area contributed by atoms with Crippen molar-refractivity contribution in [3.8, 4) is 0 Å². The lowest BCUT2D eigenvalue weighted by molar-refractivity contribution is 0.213. The first-order valence-electron chi connectivity index (χ1n) is 11.1. The van der Waals surface area contributed by atoms with Crippen LogP contribution < -0.4 is 0 Å². The lowest BCUT2D eigenvalue weighted by Gasteiger charge is -2.00. The fourth-order valence-electron chi connectivity index (χ4n) is 2.72. The molecule has 3 aromatic carbocycles. The molecule has 39 heavy (non-hydrogen) atoms. The normalized spacial score (nSPS) is 11.0. The molecule has 0 atom stereocenters. The lowest BCUT2D eigenvalue weighted by atomic mass is 10.1. The van der Waals surface area contributed by atoms with E-state index in [9.17, 15) is 17.6 Å². The molecular formula is C27H27BrClF4N3O3. The molecule has 3 aromatic rings. The van der Waals surface area contributed by atoms with Crippen LogP contribution in [0, 0.1) is 23.3 Å². The van der Waals surface area contributed by atoms with Crippen molar-refractivity contribution in [2.75, 3.05) is 21.3 Å². The van der Waals surface area contributed by atoms with Crippen molar-refractivity contribution in [2.45, 2.75) is 19.8 Å². The van der Waals surface area contributed by atoms with Crippen molar-refractivity contribution in [1.82, 2.24) is 0 Å². The van der Waals surface area contributed by atoms with Gasteiger partial charge >= 0.3 is 0 Å². The summed E-state index contributed by atoms with van der Waals surface area (Å²) >= 11 is 8.77. The van der Waals surface area contributed by atoms with E-state index >= 15 is 0 Å². The Labute approximate surface area is 238 Å². The van der Waals surface area contributed by atoms with Gasteiger partial charge in [0.05, 0.1) is 10.7 Å². The second-order valence-corrected chi connectivity index (χ2v) is 8.57. The third kappa shape index (κ3) is 13.3. The Kier molecular flexibility index (Phi) is 16.1. The summed E-state index contributed by atoms with van der Waals surface area (Å²) in [4.78, 5) is 13.5. The van der Waals surface area contributed by atoms with Crippen LogP contribution in [-0.2, 0) is 27.4 Å². The van der Waals surface area contributed by atoms with E-state index in [4.69, 9.17) is 11.6 Å². The Morgan fingerprint density at radius 1 is 0.769 bits per heavy atom. The topological polar surface area (TPSA) is 64.8 Å². The quantitative estimate of drug-likeness (QED) is 0.145. The van der Waals surface area contributed by atoms with Gasteiger partial charge in [-0.1, -0.05) is 55.1 Å². The molecule has 6 nitrogen and oxygen atoms in total.